The van der Waals surface area contributed by atoms with Gasteiger partial charge in [-0.05, 0) is 25.7 Å². The van der Waals surface area contributed by atoms with Gasteiger partial charge in [0.1, 0.15) is 0 Å². The van der Waals surface area contributed by atoms with Gasteiger partial charge in [-0.25, -0.2) is 0 Å². The maximum absolute atomic E-state index is 12.5. The van der Waals surface area contributed by atoms with Crippen molar-refractivity contribution in [1.82, 2.24) is 5.32 Å². The van der Waals surface area contributed by atoms with E-state index in [-0.39, 0.29) is 18.5 Å². The number of hydrogen-bond donors (Lipinski definition) is 3. The van der Waals surface area contributed by atoms with Crippen molar-refractivity contribution in [2.75, 3.05) is 13.2 Å². The molecule has 0 spiro atoms. The smallest absolute Gasteiger partial charge is 0.305 e. The van der Waals surface area contributed by atoms with Crippen LogP contribution in [0.4, 0.5) is 0 Å². The van der Waals surface area contributed by atoms with Crippen LogP contribution >= 0.6 is 0 Å². The average molecular weight is 935 g/mol. The molecule has 0 fully saturated rings. The third-order valence-electron chi connectivity index (χ3n) is 14.4. The molecule has 0 aliphatic carbocycles. The molecule has 0 aliphatic heterocycles. The van der Waals surface area contributed by atoms with E-state index in [0.29, 0.717) is 25.9 Å². The molecule has 6 heteroatoms. The number of aliphatic hydroxyl groups excluding tert-OH is 2. The fourth-order valence-corrected chi connectivity index (χ4v) is 9.76. The Morgan fingerprint density at radius 1 is 0.364 bits per heavy atom. The summed E-state index contributed by atoms with van der Waals surface area (Å²) in [5.41, 5.74) is 0. The second-order valence-electron chi connectivity index (χ2n) is 21.1. The number of amides is 1. The van der Waals surface area contributed by atoms with E-state index >= 15 is 0 Å². The highest BCUT2D eigenvalue weighted by Gasteiger charge is 2.20. The first kappa shape index (κ1) is 64.9. The molecule has 0 bridgehead atoms. The topological polar surface area (TPSA) is 95.9 Å². The van der Waals surface area contributed by atoms with Crippen LogP contribution in [-0.2, 0) is 14.3 Å². The molecule has 66 heavy (non-hydrogen) atoms. The van der Waals surface area contributed by atoms with E-state index in [1.54, 1.807) is 0 Å². The number of esters is 1. The van der Waals surface area contributed by atoms with Crippen LogP contribution in [0.2, 0.25) is 0 Å². The molecule has 0 rings (SSSR count). The minimum atomic E-state index is -0.672. The molecule has 2 atom stereocenters. The van der Waals surface area contributed by atoms with Gasteiger partial charge in [-0.1, -0.05) is 309 Å². The van der Waals surface area contributed by atoms with E-state index in [4.69, 9.17) is 4.74 Å². The molecule has 0 aliphatic rings. The SMILES string of the molecule is CCCCCCCCCCCCCCCCCCCCCC(=O)OCCCCCCCCCCCCCCCC(=O)NC(CO)C(O)CCCCCCCCCCCCCCCCCCC. The summed E-state index contributed by atoms with van der Waals surface area (Å²) in [6.07, 6.45) is 65.2. The van der Waals surface area contributed by atoms with E-state index in [1.807, 2.05) is 0 Å². The Balaban J connectivity index is 3.40. The van der Waals surface area contributed by atoms with Gasteiger partial charge < -0.3 is 20.3 Å². The van der Waals surface area contributed by atoms with Crippen LogP contribution in [0.1, 0.15) is 348 Å². The maximum atomic E-state index is 12.5. The fraction of sp³-hybridized carbons (Fsp3) is 0.967. The van der Waals surface area contributed by atoms with Crippen molar-refractivity contribution in [3.63, 3.8) is 0 Å². The minimum Gasteiger partial charge on any atom is -0.466 e. The molecule has 0 aromatic heterocycles. The average Bonchev–Trinajstić information content (AvgIpc) is 3.32. The van der Waals surface area contributed by atoms with Crippen molar-refractivity contribution in [3.05, 3.63) is 0 Å². The van der Waals surface area contributed by atoms with Crippen LogP contribution in [0.5, 0.6) is 0 Å². The fourth-order valence-electron chi connectivity index (χ4n) is 9.76. The lowest BCUT2D eigenvalue weighted by atomic mass is 10.0. The molecule has 3 N–H and O–H groups in total. The maximum Gasteiger partial charge on any atom is 0.305 e. The van der Waals surface area contributed by atoms with Crippen molar-refractivity contribution in [3.8, 4) is 0 Å². The Morgan fingerprint density at radius 3 is 0.924 bits per heavy atom. The van der Waals surface area contributed by atoms with Crippen molar-refractivity contribution in [1.29, 1.82) is 0 Å². The second kappa shape index (κ2) is 56.4. The molecule has 0 saturated heterocycles. The first-order valence-electron chi connectivity index (χ1n) is 30.3. The summed E-state index contributed by atoms with van der Waals surface area (Å²) in [5.74, 6) is -0.0431. The molecule has 2 unspecified atom stereocenters. The normalized spacial score (nSPS) is 12.5. The van der Waals surface area contributed by atoms with Gasteiger partial charge in [-0.2, -0.15) is 0 Å². The second-order valence-corrected chi connectivity index (χ2v) is 21.1. The lowest BCUT2D eigenvalue weighted by Gasteiger charge is -2.22. The van der Waals surface area contributed by atoms with E-state index in [2.05, 4.69) is 19.2 Å². The molecule has 0 aromatic rings. The number of carbonyl (C=O) groups is 2. The molecular weight excluding hydrogens is 815 g/mol. The molecule has 0 radical (unpaired) electrons. The van der Waals surface area contributed by atoms with Crippen molar-refractivity contribution < 1.29 is 24.5 Å². The van der Waals surface area contributed by atoms with Crippen LogP contribution in [-0.4, -0.2) is 47.4 Å². The Bertz CT molecular complexity index is 944. The molecular formula is C60H119NO5. The predicted molar refractivity (Wildman–Crippen MR) is 287 cm³/mol. The van der Waals surface area contributed by atoms with E-state index in [0.717, 1.165) is 51.4 Å². The number of nitrogens with one attached hydrogen (secondary N) is 1. The lowest BCUT2D eigenvalue weighted by Crippen LogP contribution is -2.45. The van der Waals surface area contributed by atoms with Gasteiger partial charge in [0.15, 0.2) is 0 Å². The van der Waals surface area contributed by atoms with Gasteiger partial charge in [0.25, 0.3) is 0 Å². The van der Waals surface area contributed by atoms with Gasteiger partial charge in [-0.3, -0.25) is 9.59 Å². The van der Waals surface area contributed by atoms with Crippen LogP contribution in [0, 0.1) is 0 Å². The summed E-state index contributed by atoms with van der Waals surface area (Å²) in [6, 6.07) is -0.550. The van der Waals surface area contributed by atoms with E-state index < -0.39 is 12.1 Å². The zero-order valence-electron chi connectivity index (χ0n) is 45.0. The van der Waals surface area contributed by atoms with Gasteiger partial charge in [-0.15, -0.1) is 0 Å². The molecule has 0 heterocycles. The first-order chi connectivity index (χ1) is 32.5. The van der Waals surface area contributed by atoms with Crippen LogP contribution < -0.4 is 5.32 Å². The van der Waals surface area contributed by atoms with Crippen molar-refractivity contribution in [2.24, 2.45) is 0 Å². The third kappa shape index (κ3) is 52.2. The zero-order chi connectivity index (χ0) is 47.9. The van der Waals surface area contributed by atoms with Gasteiger partial charge in [0.2, 0.25) is 5.91 Å². The highest BCUT2D eigenvalue weighted by Crippen LogP contribution is 2.18. The number of unbranched alkanes of at least 4 members (excludes halogenated alkanes) is 46. The molecule has 6 nitrogen and oxygen atoms in total. The highest BCUT2D eigenvalue weighted by molar-refractivity contribution is 5.76. The van der Waals surface area contributed by atoms with Gasteiger partial charge in [0, 0.05) is 12.8 Å². The summed E-state index contributed by atoms with van der Waals surface area (Å²) < 4.78 is 5.49. The summed E-state index contributed by atoms with van der Waals surface area (Å²) in [7, 11) is 0. The summed E-state index contributed by atoms with van der Waals surface area (Å²) in [4.78, 5) is 24.6. The number of carbonyl (C=O) groups excluding carboxylic acids is 2. The highest BCUT2D eigenvalue weighted by atomic mass is 16.5. The Hall–Kier alpha value is -1.14. The molecule has 0 saturated carbocycles. The zero-order valence-corrected chi connectivity index (χ0v) is 45.0. The minimum absolute atomic E-state index is 0.000653. The van der Waals surface area contributed by atoms with E-state index in [1.165, 1.54) is 263 Å². The van der Waals surface area contributed by atoms with Crippen LogP contribution in [0.15, 0.2) is 0 Å². The van der Waals surface area contributed by atoms with Crippen molar-refractivity contribution in [2.45, 2.75) is 360 Å². The molecule has 0 aromatic carbocycles. The number of rotatable bonds is 57. The summed E-state index contributed by atoms with van der Waals surface area (Å²) in [5, 5.41) is 23.3. The number of aliphatic hydroxyl groups is 2. The summed E-state index contributed by atoms with van der Waals surface area (Å²) in [6.45, 7) is 4.96. The summed E-state index contributed by atoms with van der Waals surface area (Å²) >= 11 is 0. The third-order valence-corrected chi connectivity index (χ3v) is 14.4. The Morgan fingerprint density at radius 2 is 0.621 bits per heavy atom. The Labute approximate surface area is 413 Å². The van der Waals surface area contributed by atoms with Gasteiger partial charge >= 0.3 is 5.97 Å². The lowest BCUT2D eigenvalue weighted by molar-refractivity contribution is -0.143. The standard InChI is InChI=1S/C60H119NO5/c1-3-5-7-9-11-13-15-17-19-21-22-24-26-30-34-38-42-46-50-54-60(65)66-55-51-47-43-39-35-31-27-29-33-37-41-45-49-53-59(64)61-57(56-62)58(63)52-48-44-40-36-32-28-25-23-20-18-16-14-12-10-8-6-4-2/h57-58,62-63H,3-56H2,1-2H3,(H,61,64). The predicted octanol–water partition coefficient (Wildman–Crippen LogP) is 18.7. The first-order valence-corrected chi connectivity index (χ1v) is 30.3. The number of hydrogen-bond acceptors (Lipinski definition) is 5. The molecule has 394 valence electrons. The monoisotopic (exact) mass is 934 g/mol. The quantitative estimate of drug-likeness (QED) is 0.0417. The van der Waals surface area contributed by atoms with Crippen molar-refractivity contribution >= 4 is 11.9 Å². The van der Waals surface area contributed by atoms with E-state index in [9.17, 15) is 19.8 Å². The number of ether oxygens (including phenoxy) is 1. The van der Waals surface area contributed by atoms with Crippen LogP contribution in [0.25, 0.3) is 0 Å². The Kier molecular flexibility index (Phi) is 55.5. The van der Waals surface area contributed by atoms with Gasteiger partial charge in [0.05, 0.1) is 25.4 Å². The molecule has 1 amide bonds. The largest absolute Gasteiger partial charge is 0.466 e. The van der Waals surface area contributed by atoms with Crippen LogP contribution in [0.3, 0.4) is 0 Å².